The molecule has 0 unspecified atom stereocenters. The zero-order valence-electron chi connectivity index (χ0n) is 12.6. The highest BCUT2D eigenvalue weighted by Gasteiger charge is 2.20. The highest BCUT2D eigenvalue weighted by atomic mass is 15.2. The Bertz CT molecular complexity index is 402. The molecule has 0 aromatic heterocycles. The molecule has 3 rings (SSSR count). The topological polar surface area (TPSA) is 15.3 Å². The van der Waals surface area contributed by atoms with Gasteiger partial charge in [0, 0.05) is 31.9 Å². The quantitative estimate of drug-likeness (QED) is 0.877. The molecule has 20 heavy (non-hydrogen) atoms. The van der Waals surface area contributed by atoms with Crippen molar-refractivity contribution < 1.29 is 0 Å². The molecule has 1 aromatic rings. The van der Waals surface area contributed by atoms with E-state index in [2.05, 4.69) is 34.5 Å². The van der Waals surface area contributed by atoms with Gasteiger partial charge in [0.05, 0.1) is 0 Å². The Morgan fingerprint density at radius 2 is 1.50 bits per heavy atom. The minimum absolute atomic E-state index is 0.793. The highest BCUT2D eigenvalue weighted by molar-refractivity contribution is 5.55. The average molecular weight is 272 g/mol. The van der Waals surface area contributed by atoms with Gasteiger partial charge in [0.1, 0.15) is 0 Å². The lowest BCUT2D eigenvalue weighted by atomic mass is 9.85. The lowest BCUT2D eigenvalue weighted by Crippen LogP contribution is -2.44. The molecule has 1 aliphatic carbocycles. The third kappa shape index (κ3) is 3.35. The number of piperazine rings is 1. The van der Waals surface area contributed by atoms with Crippen LogP contribution in [0, 0.1) is 0 Å². The molecule has 1 saturated carbocycles. The van der Waals surface area contributed by atoms with Gasteiger partial charge in [-0.1, -0.05) is 50.3 Å². The Kier molecular flexibility index (Phi) is 4.96. The summed E-state index contributed by atoms with van der Waals surface area (Å²) in [5, 5.41) is 3.46. The molecule has 1 aliphatic heterocycles. The maximum absolute atomic E-state index is 3.46. The maximum Gasteiger partial charge on any atom is 0.0402 e. The first kappa shape index (κ1) is 13.9. The Morgan fingerprint density at radius 1 is 0.850 bits per heavy atom. The number of hydrogen-bond donors (Lipinski definition) is 1. The number of nitrogens with zero attached hydrogens (tertiary/aromatic N) is 1. The van der Waals surface area contributed by atoms with Crippen molar-refractivity contribution in [2.75, 3.05) is 31.1 Å². The minimum Gasteiger partial charge on any atom is -0.369 e. The monoisotopic (exact) mass is 272 g/mol. The summed E-state index contributed by atoms with van der Waals surface area (Å²) in [5.41, 5.74) is 3.14. The minimum atomic E-state index is 0.793. The van der Waals surface area contributed by atoms with E-state index in [9.17, 15) is 0 Å². The third-order valence-electron chi connectivity index (χ3n) is 4.94. The molecule has 1 N–H and O–H groups in total. The van der Waals surface area contributed by atoms with Crippen LogP contribution in [0.2, 0.25) is 0 Å². The number of hydrogen-bond acceptors (Lipinski definition) is 2. The van der Waals surface area contributed by atoms with E-state index in [-0.39, 0.29) is 0 Å². The van der Waals surface area contributed by atoms with Crippen LogP contribution in [0.15, 0.2) is 24.3 Å². The zero-order valence-corrected chi connectivity index (χ0v) is 12.6. The van der Waals surface area contributed by atoms with Crippen molar-refractivity contribution in [3.63, 3.8) is 0 Å². The van der Waals surface area contributed by atoms with Crippen LogP contribution in [-0.2, 0) is 0 Å². The Labute approximate surface area is 123 Å². The summed E-state index contributed by atoms with van der Waals surface area (Å²) in [7, 11) is 0. The molecule has 0 amide bonds. The Balaban J connectivity index is 1.80. The molecule has 2 aliphatic rings. The van der Waals surface area contributed by atoms with Crippen LogP contribution >= 0.6 is 0 Å². The van der Waals surface area contributed by atoms with E-state index in [4.69, 9.17) is 0 Å². The van der Waals surface area contributed by atoms with Gasteiger partial charge < -0.3 is 10.2 Å². The summed E-state index contributed by atoms with van der Waals surface area (Å²) >= 11 is 0. The first-order valence-electron chi connectivity index (χ1n) is 8.50. The van der Waals surface area contributed by atoms with Crippen LogP contribution in [0.4, 0.5) is 5.69 Å². The summed E-state index contributed by atoms with van der Waals surface area (Å²) < 4.78 is 0. The van der Waals surface area contributed by atoms with Gasteiger partial charge in [-0.25, -0.2) is 0 Å². The first-order valence-corrected chi connectivity index (χ1v) is 8.50. The summed E-state index contributed by atoms with van der Waals surface area (Å²) in [6.07, 6.45) is 9.94. The SMILES string of the molecule is c1ccc(N2CCNCC2)c(C2CCCCCCC2)c1. The van der Waals surface area contributed by atoms with Crippen molar-refractivity contribution in [1.29, 1.82) is 0 Å². The van der Waals surface area contributed by atoms with Crippen molar-refractivity contribution in [1.82, 2.24) is 5.32 Å². The summed E-state index contributed by atoms with van der Waals surface area (Å²) in [5.74, 6) is 0.793. The molecule has 1 heterocycles. The van der Waals surface area contributed by atoms with Crippen molar-refractivity contribution in [2.45, 2.75) is 50.9 Å². The van der Waals surface area contributed by atoms with Crippen LogP contribution < -0.4 is 10.2 Å². The molecule has 1 aromatic carbocycles. The fraction of sp³-hybridized carbons (Fsp3) is 0.667. The summed E-state index contributed by atoms with van der Waals surface area (Å²) in [4.78, 5) is 2.59. The van der Waals surface area contributed by atoms with E-state index in [1.807, 2.05) is 0 Å². The first-order chi connectivity index (χ1) is 9.95. The van der Waals surface area contributed by atoms with Crippen LogP contribution in [-0.4, -0.2) is 26.2 Å². The average Bonchev–Trinajstić information content (AvgIpc) is 2.48. The normalized spacial score (nSPS) is 22.3. The van der Waals surface area contributed by atoms with Gasteiger partial charge >= 0.3 is 0 Å². The van der Waals surface area contributed by atoms with Crippen LogP contribution in [0.25, 0.3) is 0 Å². The third-order valence-corrected chi connectivity index (χ3v) is 4.94. The van der Waals surface area contributed by atoms with Crippen molar-refractivity contribution in [2.24, 2.45) is 0 Å². The fourth-order valence-electron chi connectivity index (χ4n) is 3.79. The summed E-state index contributed by atoms with van der Waals surface area (Å²) in [6.45, 7) is 4.56. The van der Waals surface area contributed by atoms with E-state index < -0.39 is 0 Å². The largest absolute Gasteiger partial charge is 0.369 e. The van der Waals surface area contributed by atoms with Gasteiger partial charge in [-0.15, -0.1) is 0 Å². The highest BCUT2D eigenvalue weighted by Crippen LogP contribution is 2.36. The maximum atomic E-state index is 3.46. The predicted molar refractivity (Wildman–Crippen MR) is 86.6 cm³/mol. The van der Waals surface area contributed by atoms with Gasteiger partial charge in [0.15, 0.2) is 0 Å². The molecular weight excluding hydrogens is 244 g/mol. The molecule has 2 fully saturated rings. The van der Waals surface area contributed by atoms with Gasteiger partial charge in [0.2, 0.25) is 0 Å². The van der Waals surface area contributed by atoms with Crippen LogP contribution in [0.3, 0.4) is 0 Å². The number of rotatable bonds is 2. The van der Waals surface area contributed by atoms with Crippen molar-refractivity contribution in [3.05, 3.63) is 29.8 Å². The molecule has 0 spiro atoms. The van der Waals surface area contributed by atoms with E-state index in [0.29, 0.717) is 0 Å². The van der Waals surface area contributed by atoms with E-state index in [0.717, 1.165) is 32.1 Å². The number of nitrogens with one attached hydrogen (secondary N) is 1. The number of anilines is 1. The van der Waals surface area contributed by atoms with Crippen LogP contribution in [0.5, 0.6) is 0 Å². The number of benzene rings is 1. The Hall–Kier alpha value is -1.02. The predicted octanol–water partition coefficient (Wildman–Crippen LogP) is 3.92. The second kappa shape index (κ2) is 7.12. The van der Waals surface area contributed by atoms with Crippen molar-refractivity contribution in [3.8, 4) is 0 Å². The van der Waals surface area contributed by atoms with Gasteiger partial charge in [0.25, 0.3) is 0 Å². The molecule has 110 valence electrons. The molecule has 1 saturated heterocycles. The zero-order chi connectivity index (χ0) is 13.6. The van der Waals surface area contributed by atoms with Gasteiger partial charge in [-0.2, -0.15) is 0 Å². The molecule has 0 radical (unpaired) electrons. The standard InChI is InChI=1S/C18H28N2/c1-2-4-8-16(9-5-3-1)17-10-6-7-11-18(17)20-14-12-19-13-15-20/h6-7,10-11,16,19H,1-5,8-9,12-15H2. The lowest BCUT2D eigenvalue weighted by molar-refractivity contribution is 0.454. The fourth-order valence-corrected chi connectivity index (χ4v) is 3.79. The van der Waals surface area contributed by atoms with Gasteiger partial charge in [-0.05, 0) is 30.4 Å². The number of para-hydroxylation sites is 1. The van der Waals surface area contributed by atoms with E-state index >= 15 is 0 Å². The lowest BCUT2D eigenvalue weighted by Gasteiger charge is -2.33. The smallest absolute Gasteiger partial charge is 0.0402 e. The van der Waals surface area contributed by atoms with E-state index in [1.165, 1.54) is 50.6 Å². The molecule has 0 bridgehead atoms. The summed E-state index contributed by atoms with van der Waals surface area (Å²) in [6, 6.07) is 9.19. The van der Waals surface area contributed by atoms with Gasteiger partial charge in [-0.3, -0.25) is 0 Å². The molecule has 2 heteroatoms. The van der Waals surface area contributed by atoms with Crippen LogP contribution in [0.1, 0.15) is 56.4 Å². The molecular formula is C18H28N2. The molecule has 2 nitrogen and oxygen atoms in total. The molecule has 0 atom stereocenters. The second-order valence-corrected chi connectivity index (χ2v) is 6.34. The second-order valence-electron chi connectivity index (χ2n) is 6.34. The van der Waals surface area contributed by atoms with Crippen molar-refractivity contribution >= 4 is 5.69 Å². The Morgan fingerprint density at radius 3 is 2.25 bits per heavy atom. The van der Waals surface area contributed by atoms with E-state index in [1.54, 1.807) is 5.56 Å².